The molecule has 0 radical (unpaired) electrons. The van der Waals surface area contributed by atoms with Gasteiger partial charge in [-0.15, -0.1) is 0 Å². The second-order valence-electron chi connectivity index (χ2n) is 5.82. The van der Waals surface area contributed by atoms with Gasteiger partial charge in [0.15, 0.2) is 0 Å². The molecule has 0 aromatic heterocycles. The Morgan fingerprint density at radius 3 is 2.71 bits per heavy atom. The second kappa shape index (κ2) is 6.44. The molecule has 2 nitrogen and oxygen atoms in total. The van der Waals surface area contributed by atoms with Crippen LogP contribution in [-0.4, -0.2) is 43.0 Å². The van der Waals surface area contributed by atoms with Gasteiger partial charge in [0.1, 0.15) is 0 Å². The maximum Gasteiger partial charge on any atom is 0.0702 e. The Morgan fingerprint density at radius 1 is 1.29 bits per heavy atom. The third-order valence-electron chi connectivity index (χ3n) is 4.42. The van der Waals surface area contributed by atoms with Crippen molar-refractivity contribution in [1.29, 1.82) is 0 Å². The Bertz CT molecular complexity index is 226. The predicted octanol–water partition coefficient (Wildman–Crippen LogP) is 2.98. The summed E-state index contributed by atoms with van der Waals surface area (Å²) in [6.45, 7) is 6.61. The molecule has 2 fully saturated rings. The van der Waals surface area contributed by atoms with E-state index in [1.54, 1.807) is 0 Å². The third-order valence-corrected chi connectivity index (χ3v) is 5.09. The van der Waals surface area contributed by atoms with E-state index in [1.807, 2.05) is 0 Å². The first-order valence-electron chi connectivity index (χ1n) is 7.23. The normalized spacial score (nSPS) is 29.6. The van der Waals surface area contributed by atoms with Crippen molar-refractivity contribution in [2.75, 3.05) is 32.0 Å². The zero-order valence-electron chi connectivity index (χ0n) is 11.2. The van der Waals surface area contributed by atoms with Crippen molar-refractivity contribution in [3.63, 3.8) is 0 Å². The zero-order chi connectivity index (χ0) is 12.1. The van der Waals surface area contributed by atoms with Gasteiger partial charge in [-0.05, 0) is 50.3 Å². The van der Waals surface area contributed by atoms with Crippen molar-refractivity contribution in [3.8, 4) is 0 Å². The van der Waals surface area contributed by atoms with Crippen LogP contribution in [-0.2, 0) is 4.74 Å². The number of nitrogens with zero attached hydrogens (tertiary/aromatic N) is 1. The van der Waals surface area contributed by atoms with Crippen LogP contribution in [0.25, 0.3) is 0 Å². The molecule has 100 valence electrons. The average molecular weight is 257 g/mol. The fourth-order valence-electron chi connectivity index (χ4n) is 3.49. The van der Waals surface area contributed by atoms with Crippen LogP contribution in [0.15, 0.2) is 0 Å². The molecule has 0 aromatic carbocycles. The molecule has 1 heterocycles. The van der Waals surface area contributed by atoms with E-state index in [1.165, 1.54) is 51.6 Å². The van der Waals surface area contributed by atoms with E-state index in [-0.39, 0.29) is 0 Å². The summed E-state index contributed by atoms with van der Waals surface area (Å²) in [7, 11) is 0. The first kappa shape index (κ1) is 13.7. The highest BCUT2D eigenvalue weighted by Gasteiger charge is 2.35. The van der Waals surface area contributed by atoms with Crippen molar-refractivity contribution in [1.82, 2.24) is 4.90 Å². The van der Waals surface area contributed by atoms with Gasteiger partial charge in [-0.2, -0.15) is 12.6 Å². The Morgan fingerprint density at radius 2 is 2.06 bits per heavy atom. The highest BCUT2D eigenvalue weighted by atomic mass is 32.1. The number of hydrogen-bond donors (Lipinski definition) is 1. The number of likely N-dealkylation sites (tertiary alicyclic amines) is 1. The molecule has 0 amide bonds. The first-order chi connectivity index (χ1) is 8.28. The summed E-state index contributed by atoms with van der Waals surface area (Å²) in [5, 5.41) is 0. The topological polar surface area (TPSA) is 12.5 Å². The van der Waals surface area contributed by atoms with Gasteiger partial charge in [-0.1, -0.05) is 12.8 Å². The lowest BCUT2D eigenvalue weighted by molar-refractivity contribution is -0.00421. The lowest BCUT2D eigenvalue weighted by Gasteiger charge is -2.39. The van der Waals surface area contributed by atoms with Gasteiger partial charge in [0.25, 0.3) is 0 Å². The van der Waals surface area contributed by atoms with Crippen molar-refractivity contribution >= 4 is 12.6 Å². The maximum atomic E-state index is 5.78. The largest absolute Gasteiger partial charge is 0.377 e. The molecule has 0 spiro atoms. The first-order valence-corrected chi connectivity index (χ1v) is 7.86. The second-order valence-corrected chi connectivity index (χ2v) is 6.14. The summed E-state index contributed by atoms with van der Waals surface area (Å²) >= 11 is 4.61. The van der Waals surface area contributed by atoms with E-state index >= 15 is 0 Å². The predicted molar refractivity (Wildman–Crippen MR) is 75.8 cm³/mol. The van der Waals surface area contributed by atoms with Gasteiger partial charge in [0, 0.05) is 19.7 Å². The molecule has 17 heavy (non-hydrogen) atoms. The molecule has 1 aliphatic carbocycles. The van der Waals surface area contributed by atoms with Gasteiger partial charge in [-0.3, -0.25) is 0 Å². The molecule has 1 atom stereocenters. The monoisotopic (exact) mass is 257 g/mol. The minimum absolute atomic E-state index is 0.479. The third kappa shape index (κ3) is 3.62. The van der Waals surface area contributed by atoms with Crippen LogP contribution in [0.2, 0.25) is 0 Å². The molecule has 1 saturated heterocycles. The molecule has 2 rings (SSSR count). The number of thiol groups is 1. The van der Waals surface area contributed by atoms with Crippen molar-refractivity contribution in [3.05, 3.63) is 0 Å². The molecule has 0 bridgehead atoms. The summed E-state index contributed by atoms with van der Waals surface area (Å²) in [4.78, 5) is 2.63. The highest BCUT2D eigenvalue weighted by molar-refractivity contribution is 7.80. The molecular formula is C14H27NOS. The van der Waals surface area contributed by atoms with Crippen LogP contribution in [0.3, 0.4) is 0 Å². The molecule has 0 aromatic rings. The number of piperidine rings is 1. The summed E-state index contributed by atoms with van der Waals surface area (Å²) in [6, 6.07) is 0. The van der Waals surface area contributed by atoms with E-state index in [0.29, 0.717) is 11.5 Å². The van der Waals surface area contributed by atoms with E-state index in [4.69, 9.17) is 4.74 Å². The van der Waals surface area contributed by atoms with Gasteiger partial charge in [-0.25, -0.2) is 0 Å². The zero-order valence-corrected chi connectivity index (χ0v) is 12.1. The quantitative estimate of drug-likeness (QED) is 0.760. The molecule has 1 aliphatic heterocycles. The average Bonchev–Trinajstić information content (AvgIpc) is 2.79. The number of ether oxygens (including phenoxy) is 1. The van der Waals surface area contributed by atoms with E-state index in [2.05, 4.69) is 24.5 Å². The van der Waals surface area contributed by atoms with Gasteiger partial charge < -0.3 is 9.64 Å². The van der Waals surface area contributed by atoms with E-state index in [0.717, 1.165) is 18.9 Å². The Kier molecular flexibility index (Phi) is 5.19. The van der Waals surface area contributed by atoms with Gasteiger partial charge in [0.05, 0.1) is 6.10 Å². The summed E-state index contributed by atoms with van der Waals surface area (Å²) in [5.41, 5.74) is 0.511. The summed E-state index contributed by atoms with van der Waals surface area (Å²) < 4.78 is 5.78. The van der Waals surface area contributed by atoms with Crippen molar-refractivity contribution in [2.24, 2.45) is 5.41 Å². The van der Waals surface area contributed by atoms with Crippen LogP contribution in [0, 0.1) is 5.41 Å². The van der Waals surface area contributed by atoms with Gasteiger partial charge in [0.2, 0.25) is 0 Å². The van der Waals surface area contributed by atoms with Gasteiger partial charge >= 0.3 is 0 Å². The van der Waals surface area contributed by atoms with Crippen LogP contribution in [0.4, 0.5) is 0 Å². The Labute approximate surface area is 112 Å². The SMILES string of the molecule is CCOC1CCCN(CC2(CS)CCCC2)C1. The van der Waals surface area contributed by atoms with Crippen LogP contribution >= 0.6 is 12.6 Å². The van der Waals surface area contributed by atoms with Crippen molar-refractivity contribution < 1.29 is 4.74 Å². The molecule has 0 N–H and O–H groups in total. The maximum absolute atomic E-state index is 5.78. The Hall–Kier alpha value is 0.270. The van der Waals surface area contributed by atoms with E-state index in [9.17, 15) is 0 Å². The van der Waals surface area contributed by atoms with Crippen molar-refractivity contribution in [2.45, 2.75) is 51.6 Å². The number of rotatable bonds is 5. The van der Waals surface area contributed by atoms with E-state index < -0.39 is 0 Å². The molecule has 1 saturated carbocycles. The van der Waals surface area contributed by atoms with Crippen LogP contribution in [0.1, 0.15) is 45.4 Å². The minimum atomic E-state index is 0.479. The summed E-state index contributed by atoms with van der Waals surface area (Å²) in [6.07, 6.45) is 8.60. The lowest BCUT2D eigenvalue weighted by atomic mass is 9.87. The molecule has 2 aliphatic rings. The molecular weight excluding hydrogens is 230 g/mol. The minimum Gasteiger partial charge on any atom is -0.377 e. The Balaban J connectivity index is 1.85. The standard InChI is InChI=1S/C14H27NOS/c1-2-16-13-6-5-9-15(10-13)11-14(12-17)7-3-4-8-14/h13,17H,2-12H2,1H3. The lowest BCUT2D eigenvalue weighted by Crippen LogP contribution is -2.45. The summed E-state index contributed by atoms with van der Waals surface area (Å²) in [5.74, 6) is 1.06. The number of hydrogen-bond acceptors (Lipinski definition) is 3. The van der Waals surface area contributed by atoms with Crippen LogP contribution in [0.5, 0.6) is 0 Å². The fourth-order valence-corrected chi connectivity index (χ4v) is 3.91. The molecule has 1 unspecified atom stereocenters. The highest BCUT2D eigenvalue weighted by Crippen LogP contribution is 2.40. The van der Waals surface area contributed by atoms with Crippen LogP contribution < -0.4 is 0 Å². The smallest absolute Gasteiger partial charge is 0.0702 e. The molecule has 3 heteroatoms. The fraction of sp³-hybridized carbons (Fsp3) is 1.00.